The predicted molar refractivity (Wildman–Crippen MR) is 124 cm³/mol. The number of ether oxygens (including phenoxy) is 2. The first-order valence-corrected chi connectivity index (χ1v) is 11.7. The van der Waals surface area contributed by atoms with Crippen molar-refractivity contribution < 1.29 is 14.3 Å². The van der Waals surface area contributed by atoms with Gasteiger partial charge < -0.3 is 19.7 Å². The average Bonchev–Trinajstić information content (AvgIpc) is 3.39. The molecule has 0 aliphatic carbocycles. The van der Waals surface area contributed by atoms with Gasteiger partial charge >= 0.3 is 0 Å². The van der Waals surface area contributed by atoms with Gasteiger partial charge in [-0.05, 0) is 49.2 Å². The highest BCUT2D eigenvalue weighted by molar-refractivity contribution is 7.18. The van der Waals surface area contributed by atoms with E-state index in [2.05, 4.69) is 53.5 Å². The first-order valence-electron chi connectivity index (χ1n) is 10.8. The van der Waals surface area contributed by atoms with Gasteiger partial charge in [0.05, 0.1) is 28.4 Å². The number of anilines is 1. The number of hydrogen-bond donors (Lipinski definition) is 1. The first kappa shape index (κ1) is 20.3. The van der Waals surface area contributed by atoms with Gasteiger partial charge in [0, 0.05) is 37.7 Å². The fraction of sp³-hybridized carbons (Fsp3) is 0.417. The van der Waals surface area contributed by atoms with Crippen molar-refractivity contribution >= 4 is 33.1 Å². The molecule has 6 nitrogen and oxygen atoms in total. The molecule has 2 saturated heterocycles. The van der Waals surface area contributed by atoms with Crippen molar-refractivity contribution in [3.63, 3.8) is 0 Å². The topological polar surface area (TPSA) is 63.7 Å². The molecule has 7 heteroatoms. The van der Waals surface area contributed by atoms with Crippen LogP contribution < -0.4 is 15.0 Å². The molecule has 2 atom stereocenters. The van der Waals surface area contributed by atoms with Crippen LogP contribution in [0.5, 0.6) is 5.75 Å². The minimum atomic E-state index is -0.0523. The van der Waals surface area contributed by atoms with E-state index >= 15 is 0 Å². The van der Waals surface area contributed by atoms with Gasteiger partial charge in [0.25, 0.3) is 0 Å². The number of nitrogens with zero attached hydrogens (tertiary/aromatic N) is 2. The molecule has 3 aromatic rings. The fourth-order valence-corrected chi connectivity index (χ4v) is 5.17. The van der Waals surface area contributed by atoms with Crippen LogP contribution >= 0.6 is 11.3 Å². The van der Waals surface area contributed by atoms with Crippen LogP contribution in [0.2, 0.25) is 0 Å². The standard InChI is InChI=1S/C24H27N3O3S/c1-15(19-13-23(28)25-14-19)30-22-12-18(11-21-24(22)31-16(2)26-21)17-3-5-20(6-4-17)27-7-9-29-10-8-27/h3-6,11-12,15,19H,7-10,13-14H2,1-2H3,(H,25,28)/t15-,19-/m1/s1. The Balaban J connectivity index is 1.44. The molecule has 0 saturated carbocycles. The number of hydrogen-bond acceptors (Lipinski definition) is 6. The van der Waals surface area contributed by atoms with E-state index in [1.807, 2.05) is 6.92 Å². The van der Waals surface area contributed by atoms with Crippen LogP contribution in [0.1, 0.15) is 18.4 Å². The Bertz CT molecular complexity index is 1090. The molecular weight excluding hydrogens is 410 g/mol. The molecule has 0 radical (unpaired) electrons. The summed E-state index contributed by atoms with van der Waals surface area (Å²) in [6.07, 6.45) is 0.470. The summed E-state index contributed by atoms with van der Waals surface area (Å²) in [4.78, 5) is 18.7. The number of carbonyl (C=O) groups excluding carboxylic acids is 1. The highest BCUT2D eigenvalue weighted by Gasteiger charge is 2.28. The smallest absolute Gasteiger partial charge is 0.220 e. The van der Waals surface area contributed by atoms with Gasteiger partial charge in [-0.1, -0.05) is 12.1 Å². The Morgan fingerprint density at radius 3 is 2.68 bits per heavy atom. The second kappa shape index (κ2) is 8.48. The van der Waals surface area contributed by atoms with Gasteiger partial charge in [-0.15, -0.1) is 11.3 Å². The minimum absolute atomic E-state index is 0.0523. The number of carbonyl (C=O) groups is 1. The van der Waals surface area contributed by atoms with E-state index < -0.39 is 0 Å². The van der Waals surface area contributed by atoms with Gasteiger partial charge in [0.2, 0.25) is 5.91 Å². The van der Waals surface area contributed by atoms with Gasteiger partial charge in [-0.2, -0.15) is 0 Å². The summed E-state index contributed by atoms with van der Waals surface area (Å²) in [5.41, 5.74) is 4.41. The van der Waals surface area contributed by atoms with E-state index in [1.54, 1.807) is 11.3 Å². The quantitative estimate of drug-likeness (QED) is 0.653. The van der Waals surface area contributed by atoms with Crippen molar-refractivity contribution in [2.24, 2.45) is 5.92 Å². The summed E-state index contributed by atoms with van der Waals surface area (Å²) in [7, 11) is 0. The molecule has 0 spiro atoms. The second-order valence-corrected chi connectivity index (χ2v) is 9.50. The average molecular weight is 438 g/mol. The van der Waals surface area contributed by atoms with Crippen LogP contribution in [0.4, 0.5) is 5.69 Å². The summed E-state index contributed by atoms with van der Waals surface area (Å²) >= 11 is 1.65. The fourth-order valence-electron chi connectivity index (χ4n) is 4.31. The number of aryl methyl sites for hydroxylation is 1. The number of morpholine rings is 1. The molecule has 1 N–H and O–H groups in total. The largest absolute Gasteiger partial charge is 0.489 e. The van der Waals surface area contributed by atoms with E-state index in [0.29, 0.717) is 13.0 Å². The Hall–Kier alpha value is -2.64. The maximum atomic E-state index is 11.6. The van der Waals surface area contributed by atoms with Gasteiger partial charge in [0.15, 0.2) is 0 Å². The summed E-state index contributed by atoms with van der Waals surface area (Å²) in [5, 5.41) is 3.93. The lowest BCUT2D eigenvalue weighted by Crippen LogP contribution is -2.36. The summed E-state index contributed by atoms with van der Waals surface area (Å²) in [5.74, 6) is 1.14. The van der Waals surface area contributed by atoms with Gasteiger partial charge in [0.1, 0.15) is 11.9 Å². The number of rotatable bonds is 5. The lowest BCUT2D eigenvalue weighted by Gasteiger charge is -2.29. The number of thiazole rings is 1. The normalized spacial score (nSPS) is 20.1. The molecule has 31 heavy (non-hydrogen) atoms. The van der Waals surface area contributed by atoms with Crippen molar-refractivity contribution in [3.8, 4) is 16.9 Å². The molecule has 1 amide bonds. The molecule has 0 unspecified atom stereocenters. The molecule has 162 valence electrons. The van der Waals surface area contributed by atoms with Crippen LogP contribution in [-0.4, -0.2) is 49.8 Å². The zero-order chi connectivity index (χ0) is 21.4. The van der Waals surface area contributed by atoms with Crippen molar-refractivity contribution in [1.29, 1.82) is 0 Å². The number of amides is 1. The van der Waals surface area contributed by atoms with Gasteiger partial charge in [-0.3, -0.25) is 4.79 Å². The molecule has 2 aromatic carbocycles. The third kappa shape index (κ3) is 4.25. The van der Waals surface area contributed by atoms with Crippen LogP contribution in [0, 0.1) is 12.8 Å². The Morgan fingerprint density at radius 1 is 1.19 bits per heavy atom. The molecule has 3 heterocycles. The molecule has 1 aromatic heterocycles. The monoisotopic (exact) mass is 437 g/mol. The van der Waals surface area contributed by atoms with Crippen molar-refractivity contribution in [3.05, 3.63) is 41.4 Å². The summed E-state index contributed by atoms with van der Waals surface area (Å²) in [6.45, 7) is 8.16. The Kier molecular flexibility index (Phi) is 5.54. The highest BCUT2D eigenvalue weighted by Crippen LogP contribution is 2.37. The molecule has 0 bridgehead atoms. The lowest BCUT2D eigenvalue weighted by atomic mass is 10.0. The maximum Gasteiger partial charge on any atom is 0.220 e. The third-order valence-electron chi connectivity index (χ3n) is 6.13. The first-order chi connectivity index (χ1) is 15.1. The van der Waals surface area contributed by atoms with Gasteiger partial charge in [-0.25, -0.2) is 4.98 Å². The number of fused-ring (bicyclic) bond motifs is 1. The van der Waals surface area contributed by atoms with Crippen LogP contribution in [0.3, 0.4) is 0 Å². The Labute approximate surface area is 186 Å². The number of aromatic nitrogens is 1. The van der Waals surface area contributed by atoms with Crippen LogP contribution in [0.15, 0.2) is 36.4 Å². The maximum absolute atomic E-state index is 11.6. The Morgan fingerprint density at radius 2 is 1.97 bits per heavy atom. The van der Waals surface area contributed by atoms with Crippen molar-refractivity contribution in [2.75, 3.05) is 37.7 Å². The van der Waals surface area contributed by atoms with Crippen LogP contribution in [-0.2, 0) is 9.53 Å². The van der Waals surface area contributed by atoms with Crippen molar-refractivity contribution in [1.82, 2.24) is 10.3 Å². The van der Waals surface area contributed by atoms with E-state index in [1.165, 1.54) is 5.69 Å². The van der Waals surface area contributed by atoms with E-state index in [-0.39, 0.29) is 17.9 Å². The number of nitrogens with one attached hydrogen (secondary N) is 1. The second-order valence-electron chi connectivity index (χ2n) is 8.29. The SMILES string of the molecule is Cc1nc2cc(-c3ccc(N4CCOCC4)cc3)cc(O[C@H](C)[C@H]3CNC(=O)C3)c2s1. The van der Waals surface area contributed by atoms with Crippen molar-refractivity contribution in [2.45, 2.75) is 26.4 Å². The minimum Gasteiger partial charge on any atom is -0.489 e. The molecule has 5 rings (SSSR count). The van der Waals surface area contributed by atoms with E-state index in [9.17, 15) is 4.79 Å². The third-order valence-corrected chi connectivity index (χ3v) is 7.13. The predicted octanol–water partition coefficient (Wildman–Crippen LogP) is 4.01. The van der Waals surface area contributed by atoms with E-state index in [4.69, 9.17) is 14.5 Å². The molecular formula is C24H27N3O3S. The molecule has 2 aliphatic rings. The van der Waals surface area contributed by atoms with E-state index in [0.717, 1.165) is 58.4 Å². The summed E-state index contributed by atoms with van der Waals surface area (Å²) in [6, 6.07) is 12.9. The zero-order valence-electron chi connectivity index (χ0n) is 17.9. The summed E-state index contributed by atoms with van der Waals surface area (Å²) < 4.78 is 12.9. The van der Waals surface area contributed by atoms with Crippen LogP contribution in [0.25, 0.3) is 21.3 Å². The molecule has 2 fully saturated rings. The lowest BCUT2D eigenvalue weighted by molar-refractivity contribution is -0.119. The highest BCUT2D eigenvalue weighted by atomic mass is 32.1. The zero-order valence-corrected chi connectivity index (χ0v) is 18.7. The number of benzene rings is 2. The molecule has 2 aliphatic heterocycles.